The molecule has 0 bridgehead atoms. The number of aromatic nitrogens is 4. The van der Waals surface area contributed by atoms with Crippen LogP contribution in [0.25, 0.3) is 0 Å². The molecule has 44 heteroatoms. The van der Waals surface area contributed by atoms with Crippen LogP contribution in [0.3, 0.4) is 0 Å². The molecule has 4 aliphatic heterocycles. The zero-order valence-corrected chi connectivity index (χ0v) is 68.1. The molecule has 12 aromatic rings. The lowest BCUT2D eigenvalue weighted by molar-refractivity contribution is 0.0985. The minimum absolute atomic E-state index is 0.000426. The molecule has 0 saturated carbocycles. The molecule has 4 N–H and O–H groups in total. The lowest BCUT2D eigenvalue weighted by atomic mass is 10.0. The second kappa shape index (κ2) is 34.1. The molecule has 0 radical (unpaired) electrons. The summed E-state index contributed by atoms with van der Waals surface area (Å²) in [7, 11) is -18.7. The SMILES string of the molecule is [2H]N(c1onc(C)c1Cl)S(=O)(=O)c1ccsc1C(=O)C([2H])([2H])c1cc2c(cc1C)OCO2.[2H]c1c(CC(=O)c2sccc2S(=O)(=O)N([2H])c2onc(C)c2Cl)c(C([2H])([2H])[2H])c([2H])c2c1OC([2H])([2H])O2.[2H]c1c(CC(=O)c2sccc2S(=O)(=O)N([2H])c2onc(C)c2Cl)c(C([2H])([2H])[2H])c([2H])c2c1OC([2H])O2.[2H]c1c(CC(=O)c2sccc2S(=O)(=O)N([2H])c2onc(C)c2Cl)c(C([2H])([2H])[2H])c([2H])c2c1OCO2. The van der Waals surface area contributed by atoms with Gasteiger partial charge in [0.25, 0.3) is 63.6 Å². The first-order valence-electron chi connectivity index (χ1n) is 43.6. The van der Waals surface area contributed by atoms with Gasteiger partial charge in [-0.3, -0.25) is 19.2 Å². The summed E-state index contributed by atoms with van der Waals surface area (Å²) >= 11 is 26.7. The van der Waals surface area contributed by atoms with Crippen molar-refractivity contribution < 1.29 is 142 Å². The number of carbonyl (C=O) groups excluding carboxylic acids is 4. The second-order valence-corrected chi connectivity index (χ2v) is 34.8. The zero-order chi connectivity index (χ0) is 104. The van der Waals surface area contributed by atoms with E-state index in [-0.39, 0.29) is 129 Å². The number of fused-ring (bicyclic) bond motifs is 4. The molecular weight excluding hydrogens is 1760 g/mol. The Morgan fingerprint density at radius 3 is 1.03 bits per heavy atom. The van der Waals surface area contributed by atoms with Crippen LogP contribution in [-0.2, 0) is 65.7 Å². The van der Waals surface area contributed by atoms with Gasteiger partial charge in [-0.1, -0.05) is 67.0 Å². The molecule has 1 atom stereocenters. The Kier molecular flexibility index (Phi) is 17.0. The molecule has 0 aliphatic carbocycles. The summed E-state index contributed by atoms with van der Waals surface area (Å²) in [6.07, 6.45) is -4.92. The number of nitrogens with zero attached hydrogens (tertiary/aromatic N) is 4. The van der Waals surface area contributed by atoms with Gasteiger partial charge in [0.15, 0.2) is 74.8 Å². The van der Waals surface area contributed by atoms with Gasteiger partial charge in [0.1, 0.15) is 66.6 Å². The average molecular weight is 1840 g/mol. The number of hydrogen-bond acceptors (Lipinski definition) is 32. The molecule has 116 heavy (non-hydrogen) atoms. The lowest BCUT2D eigenvalue weighted by Gasteiger charge is -2.09. The molecule has 4 aromatic carbocycles. The first-order chi connectivity index (χ1) is 64.8. The van der Waals surface area contributed by atoms with Gasteiger partial charge in [0.05, 0.1) is 27.7 Å². The quantitative estimate of drug-likeness (QED) is 0.0408. The number of carbonyl (C=O) groups is 4. The monoisotopic (exact) mass is 1840 g/mol. The third kappa shape index (κ3) is 18.1. The van der Waals surface area contributed by atoms with Gasteiger partial charge in [-0.25, -0.2) is 52.5 Å². The maximum absolute atomic E-state index is 13.3. The van der Waals surface area contributed by atoms with Crippen molar-refractivity contribution in [3.8, 4) is 46.0 Å². The van der Waals surface area contributed by atoms with Gasteiger partial charge in [0.2, 0.25) is 27.1 Å². The summed E-state index contributed by atoms with van der Waals surface area (Å²) in [6, 6.07) is 3.58. The average Bonchev–Trinajstić information content (AvgIpc) is 1.53. The van der Waals surface area contributed by atoms with Crippen LogP contribution in [0.1, 0.15) is 133 Å². The predicted molar refractivity (Wildman–Crippen MR) is 427 cm³/mol. The molecule has 0 saturated heterocycles. The van der Waals surface area contributed by atoms with E-state index >= 15 is 0 Å². The number of hydrogen-bond donors (Lipinski definition) is 4. The number of Topliss-reactive ketones (excluding diaryl/α,β-unsaturated/α-hetero) is 4. The Bertz CT molecular complexity index is 7560. The summed E-state index contributed by atoms with van der Waals surface area (Å²) < 4.78 is 357. The number of ketones is 4. The number of aryl methyl sites for hydroxylation is 5. The van der Waals surface area contributed by atoms with Crippen LogP contribution in [0.5, 0.6) is 46.0 Å². The predicted octanol–water partition coefficient (Wildman–Crippen LogP) is 15.8. The fraction of sp³-hybridized carbons (Fsp3) is 0.222. The summed E-state index contributed by atoms with van der Waals surface area (Å²) in [5.41, 5.74) is -2.07. The van der Waals surface area contributed by atoms with Crippen molar-refractivity contribution in [2.24, 2.45) is 0 Å². The van der Waals surface area contributed by atoms with Crippen LogP contribution in [0.4, 0.5) is 23.5 Å². The first kappa shape index (κ1) is 57.8. The number of anilines is 4. The van der Waals surface area contributed by atoms with Crippen LogP contribution < -0.4 is 56.8 Å². The highest BCUT2D eigenvalue weighted by molar-refractivity contribution is 7.94. The van der Waals surface area contributed by atoms with Gasteiger partial charge < -0.3 is 56.0 Å². The lowest BCUT2D eigenvalue weighted by Crippen LogP contribution is -2.16. The molecule has 1 unspecified atom stereocenters. The highest BCUT2D eigenvalue weighted by Gasteiger charge is 2.34. The summed E-state index contributed by atoms with van der Waals surface area (Å²) in [4.78, 5) is 49.3. The van der Waals surface area contributed by atoms with E-state index in [9.17, 15) is 52.8 Å². The number of ether oxygens (including phenoxy) is 8. The van der Waals surface area contributed by atoms with Crippen molar-refractivity contribution in [3.05, 3.63) is 201 Å². The van der Waals surface area contributed by atoms with Crippen LogP contribution in [-0.4, -0.2) is 105 Å². The van der Waals surface area contributed by atoms with Crippen molar-refractivity contribution >= 4 is 179 Å². The van der Waals surface area contributed by atoms with Crippen molar-refractivity contribution in [1.29, 1.82) is 0 Å². The molecular formula is C72H60Cl4N8O24S8. The normalized spacial score (nSPS) is 17.4. The molecule has 32 nitrogen and oxygen atoms in total. The second-order valence-electron chi connectivity index (χ2n) is 23.4. The van der Waals surface area contributed by atoms with Crippen LogP contribution in [0.15, 0.2) is 132 Å². The molecule has 0 fully saturated rings. The van der Waals surface area contributed by atoms with Crippen LogP contribution >= 0.6 is 91.8 Å². The standard InChI is InChI=1S/4C18H15ClN2O6S2/c4*1-9-5-13-14(26-8-25-13)7-11(9)6-12(22)17-15(3-4-28-17)29(23,24)21-18-16(19)10(2)20-27-18/h4*3-5,7,21H,6,8H2,1-2H3/i1D3,5D,7D,8D2;1D3,5D,7D,8D;1D3,5D,7D;6D2/hD4. The van der Waals surface area contributed by atoms with Gasteiger partial charge in [-0.15, -0.1) is 45.3 Å². The van der Waals surface area contributed by atoms with E-state index in [0.29, 0.717) is 22.6 Å². The minimum atomic E-state index is -4.73. The number of nitrogens with one attached hydrogen (secondary N) is 4. The van der Waals surface area contributed by atoms with E-state index in [2.05, 4.69) is 20.6 Å². The van der Waals surface area contributed by atoms with Crippen LogP contribution in [0, 0.1) is 55.2 Å². The third-order valence-corrected chi connectivity index (χ3v) is 26.8. The topological polar surface area (TPSA) is 431 Å². The molecule has 0 spiro atoms. The number of rotatable bonds is 24. The van der Waals surface area contributed by atoms with E-state index < -0.39 is 247 Å². The number of sulfonamides is 4. The van der Waals surface area contributed by atoms with Crippen molar-refractivity contribution in [1.82, 2.24) is 20.6 Å². The number of thiophene rings is 4. The molecule has 8 aromatic heterocycles. The van der Waals surface area contributed by atoms with E-state index in [4.69, 9.17) is 135 Å². The van der Waals surface area contributed by atoms with E-state index in [0.717, 1.165) is 58.3 Å². The Labute approximate surface area is 730 Å². The molecule has 16 rings (SSSR count). The Hall–Kier alpha value is -10.2. The molecule has 12 heterocycles. The summed E-state index contributed by atoms with van der Waals surface area (Å²) in [6.45, 7) is -6.17. The Balaban J connectivity index is 0.000000157. The third-order valence-electron chi connectivity index (χ3n) is 15.5. The zero-order valence-electron chi connectivity index (χ0n) is 82.5. The van der Waals surface area contributed by atoms with E-state index in [1.54, 1.807) is 13.0 Å². The van der Waals surface area contributed by atoms with Gasteiger partial charge in [0, 0.05) is 40.7 Å². The van der Waals surface area contributed by atoms with E-state index in [1.807, 2.05) is 0 Å². The smallest absolute Gasteiger partial charge is 0.265 e. The fourth-order valence-electron chi connectivity index (χ4n) is 9.89. The maximum Gasteiger partial charge on any atom is 0.265 e. The summed E-state index contributed by atoms with van der Waals surface area (Å²) in [5.74, 6) is -7.63. The van der Waals surface area contributed by atoms with Crippen LogP contribution in [0.2, 0.25) is 25.7 Å². The highest BCUT2D eigenvalue weighted by atomic mass is 35.5. The van der Waals surface area contributed by atoms with E-state index in [1.165, 1.54) is 55.3 Å². The minimum Gasteiger partial charge on any atom is -0.454 e. The highest BCUT2D eigenvalue weighted by Crippen LogP contribution is 2.42. The molecule has 0 amide bonds. The number of benzene rings is 4. The summed E-state index contributed by atoms with van der Waals surface area (Å²) in [5, 5.41) is 18.4. The largest absolute Gasteiger partial charge is 0.454 e. The Morgan fingerprint density at radius 1 is 0.414 bits per heavy atom. The van der Waals surface area contributed by atoms with Gasteiger partial charge >= 0.3 is 0 Å². The maximum atomic E-state index is 13.3. The molecule has 4 aliphatic rings. The van der Waals surface area contributed by atoms with Crippen molar-refractivity contribution in [3.63, 3.8) is 0 Å². The number of halogens is 4. The van der Waals surface area contributed by atoms with Crippen molar-refractivity contribution in [2.75, 3.05) is 46.0 Å². The van der Waals surface area contributed by atoms with Gasteiger partial charge in [-0.2, -0.15) is 0 Å². The fourth-order valence-corrected chi connectivity index (χ4v) is 19.7. The van der Waals surface area contributed by atoms with Crippen molar-refractivity contribution in [2.45, 2.75) is 100 Å². The van der Waals surface area contributed by atoms with Gasteiger partial charge in [-0.05, 0) is 194 Å². The molecule has 608 valence electrons. The first-order valence-corrected chi connectivity index (χ1v) is 42.5. The Morgan fingerprint density at radius 2 is 0.698 bits per heavy atom.